The lowest BCUT2D eigenvalue weighted by Crippen LogP contribution is -2.11. The van der Waals surface area contributed by atoms with Gasteiger partial charge in [0.2, 0.25) is 11.5 Å². The summed E-state index contributed by atoms with van der Waals surface area (Å²) in [5, 5.41) is 46.0. The molecule has 9 nitrogen and oxygen atoms in total. The molecule has 3 heterocycles. The highest BCUT2D eigenvalue weighted by Gasteiger charge is 2.25. The second kappa shape index (κ2) is 9.38. The number of benzene rings is 5. The number of furan rings is 2. The molecule has 0 saturated carbocycles. The Morgan fingerprint density at radius 3 is 1.75 bits per heavy atom. The average molecular weight is 600 g/mol. The number of aromatic nitrogens is 3. The molecule has 8 aromatic rings. The largest absolute Gasteiger partial charge is 0.505 e. The molecule has 0 bridgehead atoms. The fourth-order valence-electron chi connectivity index (χ4n) is 5.59. The van der Waals surface area contributed by atoms with Crippen LogP contribution in [0.25, 0.3) is 78.0 Å². The van der Waals surface area contributed by atoms with Crippen molar-refractivity contribution in [2.75, 3.05) is 0 Å². The van der Waals surface area contributed by atoms with Gasteiger partial charge in [-0.3, -0.25) is 0 Å². The van der Waals surface area contributed by atoms with E-state index in [2.05, 4.69) is 9.97 Å². The number of rotatable bonds is 3. The maximum absolute atomic E-state index is 10.9. The van der Waals surface area contributed by atoms with Gasteiger partial charge < -0.3 is 29.3 Å². The van der Waals surface area contributed by atoms with Gasteiger partial charge in [-0.05, 0) is 54.0 Å². The first kappa shape index (κ1) is 25.9. The molecule has 212 valence electrons. The lowest BCUT2D eigenvalue weighted by Gasteiger charge is -2.14. The topological polar surface area (TPSA) is 146 Å². The molecule has 0 saturated heterocycles. The Kier molecular flexibility index (Phi) is 5.53. The molecule has 0 aliphatic rings. The monoisotopic (exact) mass is 599 g/mol. The quantitative estimate of drug-likeness (QED) is 0.103. The summed E-state index contributed by atoms with van der Waals surface area (Å²) in [6.45, 7) is 0. The van der Waals surface area contributed by atoms with Gasteiger partial charge in [-0.25, -0.2) is 15.0 Å². The number of nitrogens with zero attached hydrogens (tertiary/aromatic N) is 3. The highest BCUT2D eigenvalue weighted by molar-refractivity contribution is 6.38. The number of hydrogen-bond donors (Lipinski definition) is 4. The van der Waals surface area contributed by atoms with E-state index in [1.165, 1.54) is 7.85 Å². The Bertz CT molecular complexity index is 2460. The molecule has 11 heteroatoms. The summed E-state index contributed by atoms with van der Waals surface area (Å²) in [6, 6.07) is 24.3. The van der Waals surface area contributed by atoms with Crippen LogP contribution in [0, 0.1) is 0 Å². The summed E-state index contributed by atoms with van der Waals surface area (Å²) >= 11 is 6.22. The summed E-state index contributed by atoms with van der Waals surface area (Å²) < 4.78 is 12.2. The third kappa shape index (κ3) is 3.85. The molecule has 0 fully saturated rings. The van der Waals surface area contributed by atoms with Gasteiger partial charge in [-0.2, -0.15) is 0 Å². The normalized spacial score (nSPS) is 11.8. The van der Waals surface area contributed by atoms with Crippen LogP contribution in [-0.2, 0) is 0 Å². The first-order valence-electron chi connectivity index (χ1n) is 13.5. The lowest BCUT2D eigenvalue weighted by molar-refractivity contribution is 0.348. The van der Waals surface area contributed by atoms with Crippen molar-refractivity contribution in [2.24, 2.45) is 0 Å². The first-order valence-corrected chi connectivity index (χ1v) is 13.9. The molecule has 4 N–H and O–H groups in total. The van der Waals surface area contributed by atoms with E-state index in [-0.39, 0.29) is 28.5 Å². The molecule has 3 aromatic heterocycles. The Labute approximate surface area is 253 Å². The summed E-state index contributed by atoms with van der Waals surface area (Å²) in [5.74, 6) is -2.58. The maximum atomic E-state index is 10.9. The minimum absolute atomic E-state index is 0.0354. The van der Waals surface area contributed by atoms with Crippen LogP contribution in [0.2, 0.25) is 5.02 Å². The second-order valence-corrected chi connectivity index (χ2v) is 10.9. The zero-order valence-electron chi connectivity index (χ0n) is 22.8. The number of halogens is 1. The smallest absolute Gasteiger partial charge is 0.205 e. The SMILES string of the molecule is Bc1c(O)c(O)c(O)c(O)c1-c1nc(-c2ccc3c(c2)oc2ccccc23)nc(-c2ccc3c(c2)oc2ccc(Cl)cc23)n1. The molecular formula is C33H19BClN3O6. The zero-order chi connectivity index (χ0) is 30.3. The third-order valence-electron chi connectivity index (χ3n) is 7.83. The van der Waals surface area contributed by atoms with Gasteiger partial charge in [-0.15, -0.1) is 0 Å². The Hall–Kier alpha value is -5.74. The van der Waals surface area contributed by atoms with E-state index in [1.54, 1.807) is 18.2 Å². The van der Waals surface area contributed by atoms with E-state index in [0.717, 1.165) is 27.1 Å². The molecular weight excluding hydrogens is 581 g/mol. The fraction of sp³-hybridized carbons (Fsp3) is 0. The van der Waals surface area contributed by atoms with Crippen LogP contribution >= 0.6 is 11.6 Å². The van der Waals surface area contributed by atoms with Crippen molar-refractivity contribution >= 4 is 68.8 Å². The van der Waals surface area contributed by atoms with Gasteiger partial charge in [0.25, 0.3) is 0 Å². The number of para-hydroxylation sites is 1. The van der Waals surface area contributed by atoms with Crippen molar-refractivity contribution in [1.29, 1.82) is 0 Å². The molecule has 0 spiro atoms. The molecule has 44 heavy (non-hydrogen) atoms. The molecule has 5 aromatic carbocycles. The highest BCUT2D eigenvalue weighted by atomic mass is 35.5. The zero-order valence-corrected chi connectivity index (χ0v) is 23.6. The molecule has 0 unspecified atom stereocenters. The molecule has 0 radical (unpaired) electrons. The Morgan fingerprint density at radius 1 is 0.523 bits per heavy atom. The molecule has 0 aliphatic carbocycles. The van der Waals surface area contributed by atoms with E-state index in [4.69, 9.17) is 25.4 Å². The lowest BCUT2D eigenvalue weighted by atomic mass is 9.87. The molecule has 0 amide bonds. The van der Waals surface area contributed by atoms with Crippen molar-refractivity contribution in [3.63, 3.8) is 0 Å². The summed E-state index contributed by atoms with van der Waals surface area (Å²) in [6.07, 6.45) is 0. The number of aromatic hydroxyl groups is 4. The minimum Gasteiger partial charge on any atom is -0.505 e. The highest BCUT2D eigenvalue weighted by Crippen LogP contribution is 2.45. The average Bonchev–Trinajstić information content (AvgIpc) is 3.59. The summed E-state index contributed by atoms with van der Waals surface area (Å²) in [5.41, 5.74) is 3.83. The van der Waals surface area contributed by atoms with Gasteiger partial charge >= 0.3 is 0 Å². The van der Waals surface area contributed by atoms with E-state index < -0.39 is 23.0 Å². The first-order chi connectivity index (χ1) is 21.3. The van der Waals surface area contributed by atoms with Crippen LogP contribution in [0.5, 0.6) is 23.0 Å². The molecule has 0 aliphatic heterocycles. The number of phenols is 4. The van der Waals surface area contributed by atoms with Gasteiger partial charge in [0, 0.05) is 37.7 Å². The van der Waals surface area contributed by atoms with Gasteiger partial charge in [-0.1, -0.05) is 41.9 Å². The second-order valence-electron chi connectivity index (χ2n) is 10.5. The predicted molar refractivity (Wildman–Crippen MR) is 171 cm³/mol. The van der Waals surface area contributed by atoms with E-state index in [0.29, 0.717) is 32.9 Å². The van der Waals surface area contributed by atoms with E-state index >= 15 is 0 Å². The number of phenolic OH excluding ortho intramolecular Hbond substituents is 4. The van der Waals surface area contributed by atoms with Gasteiger partial charge in [0.1, 0.15) is 30.2 Å². The van der Waals surface area contributed by atoms with Crippen LogP contribution in [-0.4, -0.2) is 43.2 Å². The van der Waals surface area contributed by atoms with Crippen LogP contribution in [0.15, 0.2) is 87.7 Å². The number of hydrogen-bond acceptors (Lipinski definition) is 9. The van der Waals surface area contributed by atoms with E-state index in [9.17, 15) is 20.4 Å². The molecule has 8 rings (SSSR count). The number of fused-ring (bicyclic) bond motifs is 6. The summed E-state index contributed by atoms with van der Waals surface area (Å²) in [7, 11) is 1.47. The summed E-state index contributed by atoms with van der Waals surface area (Å²) in [4.78, 5) is 14.0. The Balaban J connectivity index is 1.37. The molecule has 0 atom stereocenters. The van der Waals surface area contributed by atoms with Crippen LogP contribution in [0.3, 0.4) is 0 Å². The van der Waals surface area contributed by atoms with Crippen molar-refractivity contribution in [2.45, 2.75) is 0 Å². The van der Waals surface area contributed by atoms with Gasteiger partial charge in [0.05, 0.1) is 5.56 Å². The van der Waals surface area contributed by atoms with Crippen molar-refractivity contribution in [1.82, 2.24) is 15.0 Å². The standard InChI is InChI=1S/C33H19BClN3O6/c34-26-25(27(39)29(41)30(42)28(26)40)33-37-31(14-5-8-18-17-3-1-2-4-21(17)43-23(18)11-14)36-32(38-33)15-6-9-19-20-13-16(35)7-10-22(20)44-24(19)12-15/h1-13,39-42H,34H2. The van der Waals surface area contributed by atoms with Crippen molar-refractivity contribution < 1.29 is 29.3 Å². The maximum Gasteiger partial charge on any atom is 0.205 e. The van der Waals surface area contributed by atoms with Crippen molar-refractivity contribution in [3.05, 3.63) is 83.9 Å². The van der Waals surface area contributed by atoms with E-state index in [1.807, 2.05) is 60.7 Å². The van der Waals surface area contributed by atoms with Crippen LogP contribution in [0.4, 0.5) is 0 Å². The van der Waals surface area contributed by atoms with Crippen LogP contribution < -0.4 is 5.46 Å². The predicted octanol–water partition coefficient (Wildman–Crippen LogP) is 6.41. The minimum atomic E-state index is -0.891. The van der Waals surface area contributed by atoms with Crippen LogP contribution in [0.1, 0.15) is 0 Å². The third-order valence-corrected chi connectivity index (χ3v) is 8.06. The fourth-order valence-corrected chi connectivity index (χ4v) is 5.76. The van der Waals surface area contributed by atoms with Crippen molar-refractivity contribution in [3.8, 4) is 57.2 Å². The Morgan fingerprint density at radius 2 is 1.07 bits per heavy atom. The van der Waals surface area contributed by atoms with Gasteiger partial charge in [0.15, 0.2) is 29.0 Å².